The standard InChI is InChI=1S/C8H12N4O2S/c9-7-10-5-6(15-7)11-1-3-12(4-2-11)8(13)14/h5H,1-4H2,(H2,9,10)(H,13,14). The summed E-state index contributed by atoms with van der Waals surface area (Å²) in [4.78, 5) is 18.2. The van der Waals surface area contributed by atoms with Gasteiger partial charge in [0.25, 0.3) is 0 Å². The number of anilines is 2. The molecule has 0 spiro atoms. The number of nitrogen functional groups attached to an aromatic ring is 1. The molecule has 1 aromatic rings. The highest BCUT2D eigenvalue weighted by Crippen LogP contribution is 2.25. The quantitative estimate of drug-likeness (QED) is 0.732. The number of carbonyl (C=O) groups is 1. The van der Waals surface area contributed by atoms with Crippen molar-refractivity contribution in [2.75, 3.05) is 36.8 Å². The second kappa shape index (κ2) is 3.93. The van der Waals surface area contributed by atoms with Gasteiger partial charge >= 0.3 is 6.09 Å². The molecule has 3 N–H and O–H groups in total. The number of piperazine rings is 1. The van der Waals surface area contributed by atoms with Gasteiger partial charge in [-0.15, -0.1) is 0 Å². The molecule has 6 nitrogen and oxygen atoms in total. The van der Waals surface area contributed by atoms with Gasteiger partial charge in [0, 0.05) is 26.2 Å². The number of carboxylic acid groups (broad SMARTS) is 1. The number of hydrogen-bond acceptors (Lipinski definition) is 5. The molecular formula is C8H12N4O2S. The highest BCUT2D eigenvalue weighted by atomic mass is 32.1. The molecule has 1 fully saturated rings. The van der Waals surface area contributed by atoms with Crippen LogP contribution in [0.4, 0.5) is 14.9 Å². The number of hydrogen-bond donors (Lipinski definition) is 2. The molecule has 0 radical (unpaired) electrons. The number of rotatable bonds is 1. The Morgan fingerprint density at radius 2 is 2.13 bits per heavy atom. The van der Waals surface area contributed by atoms with Crippen LogP contribution in [-0.2, 0) is 0 Å². The molecule has 1 saturated heterocycles. The Balaban J connectivity index is 1.96. The van der Waals surface area contributed by atoms with E-state index in [1.807, 2.05) is 0 Å². The maximum absolute atomic E-state index is 10.7. The molecule has 0 unspecified atom stereocenters. The SMILES string of the molecule is Nc1ncc(N2CCN(C(=O)O)CC2)s1. The van der Waals surface area contributed by atoms with Crippen molar-refractivity contribution in [2.45, 2.75) is 0 Å². The summed E-state index contributed by atoms with van der Waals surface area (Å²) in [6.45, 7) is 2.47. The average Bonchev–Trinajstić information content (AvgIpc) is 2.65. The maximum atomic E-state index is 10.7. The summed E-state index contributed by atoms with van der Waals surface area (Å²) < 4.78 is 0. The molecular weight excluding hydrogens is 216 g/mol. The predicted molar refractivity (Wildman–Crippen MR) is 58.3 cm³/mol. The number of thiazole rings is 1. The molecule has 1 amide bonds. The van der Waals surface area contributed by atoms with Crippen LogP contribution in [-0.4, -0.2) is 47.3 Å². The molecule has 82 valence electrons. The van der Waals surface area contributed by atoms with Gasteiger partial charge in [-0.3, -0.25) is 0 Å². The second-order valence-electron chi connectivity index (χ2n) is 3.29. The van der Waals surface area contributed by atoms with Crippen LogP contribution in [0.3, 0.4) is 0 Å². The van der Waals surface area contributed by atoms with E-state index >= 15 is 0 Å². The van der Waals surface area contributed by atoms with E-state index in [9.17, 15) is 4.79 Å². The van der Waals surface area contributed by atoms with Crippen LogP contribution in [0.5, 0.6) is 0 Å². The minimum absolute atomic E-state index is 0.535. The molecule has 7 heteroatoms. The van der Waals surface area contributed by atoms with Crippen LogP contribution in [0.1, 0.15) is 0 Å². The molecule has 0 saturated carbocycles. The lowest BCUT2D eigenvalue weighted by Gasteiger charge is -2.33. The molecule has 2 rings (SSSR count). The molecule has 0 aromatic carbocycles. The lowest BCUT2D eigenvalue weighted by molar-refractivity contribution is 0.142. The van der Waals surface area contributed by atoms with E-state index in [0.717, 1.165) is 5.00 Å². The minimum Gasteiger partial charge on any atom is -0.465 e. The van der Waals surface area contributed by atoms with Crippen molar-refractivity contribution >= 4 is 27.6 Å². The van der Waals surface area contributed by atoms with Gasteiger partial charge in [0.15, 0.2) is 5.13 Å². The zero-order chi connectivity index (χ0) is 10.8. The van der Waals surface area contributed by atoms with Crippen molar-refractivity contribution < 1.29 is 9.90 Å². The van der Waals surface area contributed by atoms with Crippen LogP contribution in [0.2, 0.25) is 0 Å². The molecule has 1 aliphatic heterocycles. The van der Waals surface area contributed by atoms with Gasteiger partial charge in [-0.05, 0) is 0 Å². The third kappa shape index (κ3) is 2.12. The van der Waals surface area contributed by atoms with E-state index < -0.39 is 6.09 Å². The highest BCUT2D eigenvalue weighted by Gasteiger charge is 2.21. The summed E-state index contributed by atoms with van der Waals surface area (Å²) in [5.41, 5.74) is 5.54. The first-order chi connectivity index (χ1) is 7.16. The zero-order valence-corrected chi connectivity index (χ0v) is 8.90. The molecule has 1 aliphatic rings. The first kappa shape index (κ1) is 10.0. The summed E-state index contributed by atoms with van der Waals surface area (Å²) in [5, 5.41) is 10.3. The van der Waals surface area contributed by atoms with Gasteiger partial charge in [0.2, 0.25) is 0 Å². The molecule has 0 bridgehead atoms. The van der Waals surface area contributed by atoms with Crippen molar-refractivity contribution in [2.24, 2.45) is 0 Å². The first-order valence-electron chi connectivity index (χ1n) is 4.61. The fraction of sp³-hybridized carbons (Fsp3) is 0.500. The van der Waals surface area contributed by atoms with Gasteiger partial charge in [-0.2, -0.15) is 0 Å². The topological polar surface area (TPSA) is 82.7 Å². The average molecular weight is 228 g/mol. The smallest absolute Gasteiger partial charge is 0.407 e. The summed E-state index contributed by atoms with van der Waals surface area (Å²) in [6, 6.07) is 0. The summed E-state index contributed by atoms with van der Waals surface area (Å²) in [7, 11) is 0. The zero-order valence-electron chi connectivity index (χ0n) is 8.09. The predicted octanol–water partition coefficient (Wildman–Crippen LogP) is 0.525. The number of nitrogens with zero attached hydrogens (tertiary/aromatic N) is 3. The van der Waals surface area contributed by atoms with E-state index in [4.69, 9.17) is 10.8 Å². The van der Waals surface area contributed by atoms with Gasteiger partial charge in [0.05, 0.1) is 6.20 Å². The van der Waals surface area contributed by atoms with Gasteiger partial charge < -0.3 is 20.6 Å². The van der Waals surface area contributed by atoms with Crippen LogP contribution >= 0.6 is 11.3 Å². The third-order valence-electron chi connectivity index (χ3n) is 2.37. The number of aromatic nitrogens is 1. The summed E-state index contributed by atoms with van der Waals surface area (Å²) >= 11 is 1.43. The largest absolute Gasteiger partial charge is 0.465 e. The summed E-state index contributed by atoms with van der Waals surface area (Å²) in [5.74, 6) is 0. The molecule has 0 atom stereocenters. The Morgan fingerprint density at radius 1 is 1.47 bits per heavy atom. The highest BCUT2D eigenvalue weighted by molar-refractivity contribution is 7.19. The summed E-state index contributed by atoms with van der Waals surface area (Å²) in [6.07, 6.45) is 0.884. The molecule has 1 aromatic heterocycles. The van der Waals surface area contributed by atoms with Crippen molar-refractivity contribution in [3.8, 4) is 0 Å². The Labute approximate surface area is 90.9 Å². The Kier molecular flexibility index (Phi) is 2.63. The maximum Gasteiger partial charge on any atom is 0.407 e. The van der Waals surface area contributed by atoms with Crippen molar-refractivity contribution in [1.29, 1.82) is 0 Å². The van der Waals surface area contributed by atoms with Gasteiger partial charge in [-0.1, -0.05) is 11.3 Å². The second-order valence-corrected chi connectivity index (χ2v) is 4.33. The minimum atomic E-state index is -0.849. The monoisotopic (exact) mass is 228 g/mol. The first-order valence-corrected chi connectivity index (χ1v) is 5.42. The van der Waals surface area contributed by atoms with Crippen LogP contribution in [0.25, 0.3) is 0 Å². The molecule has 2 heterocycles. The fourth-order valence-corrected chi connectivity index (χ4v) is 2.28. The number of nitrogens with two attached hydrogens (primary N) is 1. The third-order valence-corrected chi connectivity index (χ3v) is 3.26. The van der Waals surface area contributed by atoms with Crippen LogP contribution in [0.15, 0.2) is 6.20 Å². The fourth-order valence-electron chi connectivity index (χ4n) is 1.54. The molecule has 0 aliphatic carbocycles. The Morgan fingerprint density at radius 3 is 2.60 bits per heavy atom. The van der Waals surface area contributed by atoms with Crippen LogP contribution in [0, 0.1) is 0 Å². The Hall–Kier alpha value is -1.50. The van der Waals surface area contributed by atoms with Crippen molar-refractivity contribution in [1.82, 2.24) is 9.88 Å². The van der Waals surface area contributed by atoms with Gasteiger partial charge in [-0.25, -0.2) is 9.78 Å². The van der Waals surface area contributed by atoms with E-state index in [2.05, 4.69) is 9.88 Å². The van der Waals surface area contributed by atoms with E-state index in [0.29, 0.717) is 31.3 Å². The van der Waals surface area contributed by atoms with E-state index in [1.54, 1.807) is 6.20 Å². The molecule has 15 heavy (non-hydrogen) atoms. The van der Waals surface area contributed by atoms with E-state index in [1.165, 1.54) is 16.2 Å². The number of amides is 1. The Bertz CT molecular complexity index is 359. The van der Waals surface area contributed by atoms with E-state index in [-0.39, 0.29) is 0 Å². The van der Waals surface area contributed by atoms with Crippen molar-refractivity contribution in [3.63, 3.8) is 0 Å². The van der Waals surface area contributed by atoms with Gasteiger partial charge in [0.1, 0.15) is 5.00 Å². The van der Waals surface area contributed by atoms with Crippen LogP contribution < -0.4 is 10.6 Å². The normalized spacial score (nSPS) is 16.8. The lowest BCUT2D eigenvalue weighted by Crippen LogP contribution is -2.48. The van der Waals surface area contributed by atoms with Crippen molar-refractivity contribution in [3.05, 3.63) is 6.20 Å². The lowest BCUT2D eigenvalue weighted by atomic mass is 10.3.